The summed E-state index contributed by atoms with van der Waals surface area (Å²) >= 11 is 1.25. The van der Waals surface area contributed by atoms with Crippen LogP contribution in [0.1, 0.15) is 5.56 Å². The number of hydrogen-bond donors (Lipinski definition) is 1. The van der Waals surface area contributed by atoms with Gasteiger partial charge < -0.3 is 0 Å². The van der Waals surface area contributed by atoms with E-state index in [4.69, 9.17) is 10.5 Å². The first-order valence-electron chi connectivity index (χ1n) is 4.18. The number of hydrogen-bond acceptors (Lipinski definition) is 4. The van der Waals surface area contributed by atoms with Crippen molar-refractivity contribution >= 4 is 22.6 Å². The summed E-state index contributed by atoms with van der Waals surface area (Å²) in [6.45, 7) is 0. The summed E-state index contributed by atoms with van der Waals surface area (Å²) < 4.78 is 13.0. The first kappa shape index (κ1) is 12.0. The van der Waals surface area contributed by atoms with E-state index in [0.717, 1.165) is 0 Å². The number of benzene rings is 1. The zero-order valence-electron chi connectivity index (χ0n) is 8.36. The Morgan fingerprint density at radius 2 is 2.25 bits per heavy atom. The standard InChI is InChI=1S/C10H7FN4S/c1-16-10(14-6-13)15-8-2-3-9(11)7(4-8)5-12/h2-4H,1H3,(H,14,15). The molecule has 0 saturated carbocycles. The third kappa shape index (κ3) is 2.97. The van der Waals surface area contributed by atoms with E-state index in [1.54, 1.807) is 18.5 Å². The Morgan fingerprint density at radius 3 is 2.81 bits per heavy atom. The summed E-state index contributed by atoms with van der Waals surface area (Å²) in [5.74, 6) is -0.583. The van der Waals surface area contributed by atoms with Crippen molar-refractivity contribution in [3.63, 3.8) is 0 Å². The number of rotatable bonds is 1. The fourth-order valence-corrected chi connectivity index (χ4v) is 1.30. The molecule has 0 fully saturated rings. The summed E-state index contributed by atoms with van der Waals surface area (Å²) in [6, 6.07) is 5.65. The molecule has 1 N–H and O–H groups in total. The van der Waals surface area contributed by atoms with Crippen LogP contribution in [-0.4, -0.2) is 11.4 Å². The monoisotopic (exact) mass is 234 g/mol. The van der Waals surface area contributed by atoms with E-state index in [1.807, 2.05) is 0 Å². The molecule has 0 aliphatic rings. The van der Waals surface area contributed by atoms with Crippen LogP contribution in [0.15, 0.2) is 23.2 Å². The summed E-state index contributed by atoms with van der Waals surface area (Å²) in [5, 5.41) is 19.8. The van der Waals surface area contributed by atoms with Crippen molar-refractivity contribution < 1.29 is 4.39 Å². The number of nitrogens with zero attached hydrogens (tertiary/aromatic N) is 3. The number of nitrogens with one attached hydrogen (secondary N) is 1. The first-order valence-corrected chi connectivity index (χ1v) is 5.41. The van der Waals surface area contributed by atoms with Crippen LogP contribution < -0.4 is 5.32 Å². The Bertz CT molecular complexity index is 499. The molecule has 0 spiro atoms. The summed E-state index contributed by atoms with van der Waals surface area (Å²) in [5.41, 5.74) is 0.351. The Labute approximate surface area is 96.4 Å². The van der Waals surface area contributed by atoms with Crippen molar-refractivity contribution in [3.05, 3.63) is 29.6 Å². The van der Waals surface area contributed by atoms with E-state index in [2.05, 4.69) is 10.3 Å². The van der Waals surface area contributed by atoms with Gasteiger partial charge in [-0.1, -0.05) is 11.8 Å². The second kappa shape index (κ2) is 5.74. The molecule has 1 rings (SSSR count). The third-order valence-corrected chi connectivity index (χ3v) is 2.24. The average molecular weight is 234 g/mol. The molecule has 1 aromatic rings. The Hall–Kier alpha value is -2.05. The molecule has 16 heavy (non-hydrogen) atoms. The van der Waals surface area contributed by atoms with Gasteiger partial charge in [-0.05, 0) is 24.5 Å². The normalized spacial score (nSPS) is 10.4. The molecule has 0 heterocycles. The average Bonchev–Trinajstić information content (AvgIpc) is 2.30. The van der Waals surface area contributed by atoms with Crippen molar-refractivity contribution in [2.24, 2.45) is 4.99 Å². The van der Waals surface area contributed by atoms with Crippen LogP contribution in [0.5, 0.6) is 0 Å². The lowest BCUT2D eigenvalue weighted by Crippen LogP contribution is -2.12. The van der Waals surface area contributed by atoms with E-state index >= 15 is 0 Å². The quantitative estimate of drug-likeness (QED) is 0.349. The Balaban J connectivity index is 3.07. The largest absolute Gasteiger partial charge is 0.271 e. The van der Waals surface area contributed by atoms with Gasteiger partial charge in [0.15, 0.2) is 11.4 Å². The van der Waals surface area contributed by atoms with Gasteiger partial charge in [-0.2, -0.15) is 10.5 Å². The molecule has 0 bridgehead atoms. The van der Waals surface area contributed by atoms with Crippen LogP contribution >= 0.6 is 11.8 Å². The molecular formula is C10H7FN4S. The van der Waals surface area contributed by atoms with Crippen molar-refractivity contribution in [3.8, 4) is 12.3 Å². The highest BCUT2D eigenvalue weighted by Crippen LogP contribution is 2.18. The molecule has 80 valence electrons. The molecule has 0 aliphatic carbocycles. The Kier molecular flexibility index (Phi) is 4.31. The SMILES string of the molecule is CSC(=Nc1ccc(F)c(C#N)c1)NC#N. The maximum Gasteiger partial charge on any atom is 0.183 e. The predicted molar refractivity (Wildman–Crippen MR) is 60.5 cm³/mol. The highest BCUT2D eigenvalue weighted by molar-refractivity contribution is 8.13. The molecule has 0 atom stereocenters. The van der Waals surface area contributed by atoms with E-state index in [1.165, 1.54) is 30.0 Å². The van der Waals surface area contributed by atoms with Crippen LogP contribution in [0.2, 0.25) is 0 Å². The molecule has 4 nitrogen and oxygen atoms in total. The van der Waals surface area contributed by atoms with Crippen molar-refractivity contribution in [1.82, 2.24) is 5.32 Å². The molecule has 0 amide bonds. The zero-order chi connectivity index (χ0) is 12.0. The maximum absolute atomic E-state index is 13.0. The molecule has 0 saturated heterocycles. The van der Waals surface area contributed by atoms with Crippen molar-refractivity contribution in [2.45, 2.75) is 0 Å². The molecule has 0 aliphatic heterocycles. The number of halogens is 1. The summed E-state index contributed by atoms with van der Waals surface area (Å²) in [7, 11) is 0. The third-order valence-electron chi connectivity index (χ3n) is 1.66. The maximum atomic E-state index is 13.0. The Morgan fingerprint density at radius 1 is 1.50 bits per heavy atom. The van der Waals surface area contributed by atoms with E-state index in [-0.39, 0.29) is 5.56 Å². The van der Waals surface area contributed by atoms with Gasteiger partial charge in [0.25, 0.3) is 0 Å². The summed E-state index contributed by atoms with van der Waals surface area (Å²) in [4.78, 5) is 4.04. The second-order valence-corrected chi connectivity index (χ2v) is 3.43. The predicted octanol–water partition coefficient (Wildman–Crippen LogP) is 2.12. The van der Waals surface area contributed by atoms with Gasteiger partial charge in [0.1, 0.15) is 11.9 Å². The van der Waals surface area contributed by atoms with Crippen LogP contribution in [0.3, 0.4) is 0 Å². The van der Waals surface area contributed by atoms with Crippen LogP contribution in [0, 0.1) is 28.6 Å². The molecule has 0 radical (unpaired) electrons. The highest BCUT2D eigenvalue weighted by atomic mass is 32.2. The smallest absolute Gasteiger partial charge is 0.183 e. The van der Waals surface area contributed by atoms with Gasteiger partial charge in [0.2, 0.25) is 0 Å². The molecule has 6 heteroatoms. The highest BCUT2D eigenvalue weighted by Gasteiger charge is 2.03. The lowest BCUT2D eigenvalue weighted by molar-refractivity contribution is 0.624. The number of aliphatic imine (C=N–C) groups is 1. The van der Waals surface area contributed by atoms with E-state index in [9.17, 15) is 4.39 Å². The van der Waals surface area contributed by atoms with Gasteiger partial charge in [-0.25, -0.2) is 9.38 Å². The number of nitriles is 2. The number of thioether (sulfide) groups is 1. The first-order chi connectivity index (χ1) is 7.71. The minimum absolute atomic E-state index is 0.0707. The van der Waals surface area contributed by atoms with Crippen LogP contribution in [0.4, 0.5) is 10.1 Å². The van der Waals surface area contributed by atoms with Gasteiger partial charge in [-0.3, -0.25) is 5.32 Å². The van der Waals surface area contributed by atoms with Gasteiger partial charge in [0, 0.05) is 0 Å². The van der Waals surface area contributed by atoms with Crippen molar-refractivity contribution in [1.29, 1.82) is 10.5 Å². The van der Waals surface area contributed by atoms with Gasteiger partial charge in [0.05, 0.1) is 11.3 Å². The topological polar surface area (TPSA) is 72.0 Å². The molecule has 0 unspecified atom stereocenters. The lowest BCUT2D eigenvalue weighted by Gasteiger charge is -2.00. The minimum atomic E-state index is -0.583. The minimum Gasteiger partial charge on any atom is -0.271 e. The molecule has 0 aromatic heterocycles. The fraction of sp³-hybridized carbons (Fsp3) is 0.100. The van der Waals surface area contributed by atoms with E-state index < -0.39 is 5.82 Å². The number of amidine groups is 1. The second-order valence-electron chi connectivity index (χ2n) is 2.63. The summed E-state index contributed by atoms with van der Waals surface area (Å²) in [6.07, 6.45) is 3.49. The van der Waals surface area contributed by atoms with Gasteiger partial charge >= 0.3 is 0 Å². The van der Waals surface area contributed by atoms with Crippen molar-refractivity contribution in [2.75, 3.05) is 6.26 Å². The zero-order valence-corrected chi connectivity index (χ0v) is 9.18. The van der Waals surface area contributed by atoms with Gasteiger partial charge in [-0.15, -0.1) is 0 Å². The van der Waals surface area contributed by atoms with Crippen LogP contribution in [-0.2, 0) is 0 Å². The fourth-order valence-electron chi connectivity index (χ4n) is 0.958. The van der Waals surface area contributed by atoms with E-state index in [0.29, 0.717) is 10.9 Å². The lowest BCUT2D eigenvalue weighted by atomic mass is 10.2. The molecule has 1 aromatic carbocycles. The van der Waals surface area contributed by atoms with Crippen LogP contribution in [0.25, 0.3) is 0 Å². The molecular weight excluding hydrogens is 227 g/mol.